The third-order valence-electron chi connectivity index (χ3n) is 4.79. The second-order valence-corrected chi connectivity index (χ2v) is 7.24. The Kier molecular flexibility index (Phi) is 6.23. The largest absolute Gasteiger partial charge is 0.391 e. The molecule has 3 rings (SSSR count). The highest BCUT2D eigenvalue weighted by Gasteiger charge is 2.38. The molecular weight excluding hydrogens is 368 g/mol. The second kappa shape index (κ2) is 8.63. The lowest BCUT2D eigenvalue weighted by molar-refractivity contribution is -0.138. The summed E-state index contributed by atoms with van der Waals surface area (Å²) in [4.78, 5) is 26.8. The van der Waals surface area contributed by atoms with Crippen LogP contribution in [0.4, 0.5) is 0 Å². The summed E-state index contributed by atoms with van der Waals surface area (Å²) in [6.07, 6.45) is 2.95. The zero-order valence-electron chi connectivity index (χ0n) is 15.2. The molecule has 1 aliphatic heterocycles. The fraction of sp³-hybridized carbons (Fsp3) is 0.474. The van der Waals surface area contributed by atoms with Gasteiger partial charge in [0.25, 0.3) is 0 Å². The minimum atomic E-state index is -0.680. The molecule has 0 saturated carbocycles. The van der Waals surface area contributed by atoms with Crippen molar-refractivity contribution in [3.05, 3.63) is 46.7 Å². The highest BCUT2D eigenvalue weighted by molar-refractivity contribution is 6.30. The number of benzene rings is 1. The van der Waals surface area contributed by atoms with Crippen molar-refractivity contribution in [2.45, 2.75) is 51.3 Å². The van der Waals surface area contributed by atoms with Crippen molar-refractivity contribution in [1.29, 1.82) is 0 Å². The van der Waals surface area contributed by atoms with Crippen LogP contribution in [0.1, 0.15) is 31.0 Å². The number of aromatic nitrogens is 3. The Morgan fingerprint density at radius 1 is 1.30 bits per heavy atom. The molecule has 0 spiro atoms. The minimum Gasteiger partial charge on any atom is -0.391 e. The molecule has 144 valence electrons. The number of ketones is 1. The van der Waals surface area contributed by atoms with Gasteiger partial charge in [-0.3, -0.25) is 9.59 Å². The molecule has 1 aromatic carbocycles. The van der Waals surface area contributed by atoms with Gasteiger partial charge in [-0.05, 0) is 30.5 Å². The number of hydrogen-bond donors (Lipinski definition) is 1. The predicted octanol–water partition coefficient (Wildman–Crippen LogP) is 1.66. The number of aryl methyl sites for hydroxylation is 2. The molecule has 1 aromatic heterocycles. The molecule has 1 N–H and O–H groups in total. The first kappa shape index (κ1) is 19.5. The summed E-state index contributed by atoms with van der Waals surface area (Å²) in [5.41, 5.74) is 1.82. The van der Waals surface area contributed by atoms with Crippen LogP contribution < -0.4 is 0 Å². The summed E-state index contributed by atoms with van der Waals surface area (Å²) in [5.74, 6) is -0.272. The van der Waals surface area contributed by atoms with Crippen LogP contribution >= 0.6 is 11.6 Å². The van der Waals surface area contributed by atoms with E-state index in [2.05, 4.69) is 10.3 Å². The molecule has 7 nitrogen and oxygen atoms in total. The van der Waals surface area contributed by atoms with Gasteiger partial charge in [-0.15, -0.1) is 5.10 Å². The van der Waals surface area contributed by atoms with Crippen LogP contribution in [0.5, 0.6) is 0 Å². The lowest BCUT2D eigenvalue weighted by Gasteiger charge is -2.23. The molecule has 8 heteroatoms. The lowest BCUT2D eigenvalue weighted by atomic mass is 10.0. The van der Waals surface area contributed by atoms with E-state index in [1.54, 1.807) is 18.3 Å². The van der Waals surface area contributed by atoms with Crippen LogP contribution in [0, 0.1) is 0 Å². The Hall–Kier alpha value is -2.25. The quantitative estimate of drug-likeness (QED) is 0.776. The monoisotopic (exact) mass is 390 g/mol. The number of β-amino-alcohol motifs (C(OH)–C–C–N with tert-alkyl or cyclic N) is 1. The molecular formula is C19H23ClN4O3. The normalized spacial score (nSPS) is 19.4. The van der Waals surface area contributed by atoms with Crippen LogP contribution in [0.3, 0.4) is 0 Å². The van der Waals surface area contributed by atoms with E-state index < -0.39 is 12.1 Å². The average Bonchev–Trinajstić information content (AvgIpc) is 3.27. The van der Waals surface area contributed by atoms with Crippen molar-refractivity contribution in [2.24, 2.45) is 0 Å². The van der Waals surface area contributed by atoms with Gasteiger partial charge in [0.1, 0.15) is 6.54 Å². The van der Waals surface area contributed by atoms with E-state index in [1.165, 1.54) is 9.58 Å². The first-order valence-electron chi connectivity index (χ1n) is 9.10. The Balaban J connectivity index is 1.61. The number of aliphatic hydroxyl groups excluding tert-OH is 1. The summed E-state index contributed by atoms with van der Waals surface area (Å²) >= 11 is 5.87. The van der Waals surface area contributed by atoms with Crippen molar-refractivity contribution < 1.29 is 14.7 Å². The molecule has 0 unspecified atom stereocenters. The second-order valence-electron chi connectivity index (χ2n) is 6.81. The maximum atomic E-state index is 12.7. The summed E-state index contributed by atoms with van der Waals surface area (Å²) < 4.78 is 1.47. The van der Waals surface area contributed by atoms with Gasteiger partial charge in [0.05, 0.1) is 17.8 Å². The molecule has 1 saturated heterocycles. The van der Waals surface area contributed by atoms with Crippen molar-refractivity contribution in [3.63, 3.8) is 0 Å². The molecule has 27 heavy (non-hydrogen) atoms. The zero-order valence-corrected chi connectivity index (χ0v) is 16.0. The van der Waals surface area contributed by atoms with Crippen LogP contribution in [0.25, 0.3) is 0 Å². The van der Waals surface area contributed by atoms with E-state index in [0.29, 0.717) is 17.9 Å². The smallest absolute Gasteiger partial charge is 0.245 e. The molecule has 2 atom stereocenters. The number of carbonyl (C=O) groups is 2. The van der Waals surface area contributed by atoms with Gasteiger partial charge in [0.2, 0.25) is 5.91 Å². The summed E-state index contributed by atoms with van der Waals surface area (Å²) in [5, 5.41) is 18.5. The highest BCUT2D eigenvalue weighted by Crippen LogP contribution is 2.21. The predicted molar refractivity (Wildman–Crippen MR) is 100 cm³/mol. The van der Waals surface area contributed by atoms with Crippen LogP contribution in [-0.4, -0.2) is 55.4 Å². The highest BCUT2D eigenvalue weighted by atomic mass is 35.5. The zero-order chi connectivity index (χ0) is 19.4. The van der Waals surface area contributed by atoms with Crippen molar-refractivity contribution in [1.82, 2.24) is 19.9 Å². The maximum Gasteiger partial charge on any atom is 0.245 e. The number of likely N-dealkylation sites (tertiary alicyclic amines) is 1. The van der Waals surface area contributed by atoms with Gasteiger partial charge >= 0.3 is 0 Å². The fourth-order valence-electron chi connectivity index (χ4n) is 3.29. The molecule has 0 radical (unpaired) electrons. The summed E-state index contributed by atoms with van der Waals surface area (Å²) in [7, 11) is 0. The molecule has 1 fully saturated rings. The molecule has 0 aliphatic carbocycles. The number of rotatable bonds is 7. The first-order chi connectivity index (χ1) is 13.0. The van der Waals surface area contributed by atoms with E-state index in [0.717, 1.165) is 17.7 Å². The van der Waals surface area contributed by atoms with Crippen molar-refractivity contribution in [3.8, 4) is 0 Å². The van der Waals surface area contributed by atoms with Gasteiger partial charge in [-0.2, -0.15) is 0 Å². The Morgan fingerprint density at radius 3 is 2.70 bits per heavy atom. The molecule has 2 aromatic rings. The Bertz CT molecular complexity index is 806. The molecule has 1 aliphatic rings. The minimum absolute atomic E-state index is 0.0146. The van der Waals surface area contributed by atoms with Gasteiger partial charge in [-0.25, -0.2) is 4.68 Å². The summed E-state index contributed by atoms with van der Waals surface area (Å²) in [6.45, 7) is 2.15. The van der Waals surface area contributed by atoms with Crippen LogP contribution in [0.15, 0.2) is 30.5 Å². The standard InChI is InChI=1S/C19H23ClN4O3/c1-2-15-10-23(22-21-15)12-19(27)24-11-16(25)9-17(24)18(26)8-5-13-3-6-14(20)7-4-13/h3-4,6-7,10,16-17,25H,2,5,8-9,11-12H2,1H3/t16-,17+/m1/s1. The number of aliphatic hydroxyl groups is 1. The number of nitrogens with zero attached hydrogens (tertiary/aromatic N) is 4. The Labute approximate surface area is 162 Å². The topological polar surface area (TPSA) is 88.3 Å². The van der Waals surface area contributed by atoms with E-state index in [1.807, 2.05) is 19.1 Å². The van der Waals surface area contributed by atoms with Gasteiger partial charge in [0.15, 0.2) is 5.78 Å². The van der Waals surface area contributed by atoms with Crippen molar-refractivity contribution in [2.75, 3.05) is 6.54 Å². The SMILES string of the molecule is CCc1cn(CC(=O)N2C[C@H](O)C[C@H]2C(=O)CCc2ccc(Cl)cc2)nn1. The van der Waals surface area contributed by atoms with E-state index in [9.17, 15) is 14.7 Å². The molecule has 0 bridgehead atoms. The molecule has 2 heterocycles. The lowest BCUT2D eigenvalue weighted by Crippen LogP contribution is -2.42. The number of amides is 1. The van der Waals surface area contributed by atoms with Crippen LogP contribution in [0.2, 0.25) is 5.02 Å². The fourth-order valence-corrected chi connectivity index (χ4v) is 3.41. The van der Waals surface area contributed by atoms with Crippen molar-refractivity contribution >= 4 is 23.3 Å². The van der Waals surface area contributed by atoms with Gasteiger partial charge in [-0.1, -0.05) is 35.9 Å². The molecule has 1 amide bonds. The van der Waals surface area contributed by atoms with Crippen LogP contribution in [-0.2, 0) is 29.0 Å². The number of hydrogen-bond acceptors (Lipinski definition) is 5. The summed E-state index contributed by atoms with van der Waals surface area (Å²) in [6, 6.07) is 6.77. The average molecular weight is 391 g/mol. The first-order valence-corrected chi connectivity index (χ1v) is 9.47. The van der Waals surface area contributed by atoms with E-state index in [-0.39, 0.29) is 31.2 Å². The third-order valence-corrected chi connectivity index (χ3v) is 5.04. The van der Waals surface area contributed by atoms with E-state index in [4.69, 9.17) is 11.6 Å². The maximum absolute atomic E-state index is 12.7. The Morgan fingerprint density at radius 2 is 2.04 bits per heavy atom. The number of Topliss-reactive ketones (excluding diaryl/α,β-unsaturated/α-hetero) is 1. The van der Waals surface area contributed by atoms with Gasteiger partial charge < -0.3 is 10.0 Å². The van der Waals surface area contributed by atoms with Gasteiger partial charge in [0, 0.05) is 30.6 Å². The number of carbonyl (C=O) groups excluding carboxylic acids is 2. The number of halogens is 1. The third kappa shape index (κ3) is 4.93. The van der Waals surface area contributed by atoms with E-state index >= 15 is 0 Å².